The molecule has 2 N–H and O–H groups in total. The molecule has 0 atom stereocenters. The number of nitrogens with two attached hydrogens (primary N) is 1. The van der Waals surface area contributed by atoms with Crippen molar-refractivity contribution in [2.45, 2.75) is 71.8 Å². The first kappa shape index (κ1) is 18.9. The molecule has 0 bridgehead atoms. The Labute approximate surface area is 132 Å². The summed E-state index contributed by atoms with van der Waals surface area (Å²) in [5.74, 6) is 1.54. The highest BCUT2D eigenvalue weighted by molar-refractivity contribution is 4.95. The Morgan fingerprint density at radius 1 is 1.19 bits per heavy atom. The zero-order valence-electron chi connectivity index (χ0n) is 14.9. The zero-order valence-corrected chi connectivity index (χ0v) is 14.9. The number of nitrogens with zero attached hydrogens (tertiary/aromatic N) is 1. The van der Waals surface area contributed by atoms with E-state index in [0.717, 1.165) is 38.8 Å². The normalized spacial score (nSPS) is 26.7. The van der Waals surface area contributed by atoms with Crippen LogP contribution in [-0.2, 0) is 4.74 Å². The Kier molecular flexibility index (Phi) is 8.84. The maximum atomic E-state index is 6.23. The van der Waals surface area contributed by atoms with Crippen LogP contribution < -0.4 is 5.73 Å². The molecular weight excluding hydrogens is 260 g/mol. The maximum Gasteiger partial charge on any atom is 0.0593 e. The molecule has 1 rings (SSSR count). The molecular formula is C18H38N2O. The Balaban J connectivity index is 2.54. The molecule has 21 heavy (non-hydrogen) atoms. The second-order valence-corrected chi connectivity index (χ2v) is 7.24. The molecule has 1 aliphatic rings. The molecule has 0 spiro atoms. The van der Waals surface area contributed by atoms with Gasteiger partial charge in [0.15, 0.2) is 0 Å². The van der Waals surface area contributed by atoms with Crippen molar-refractivity contribution in [3.05, 3.63) is 0 Å². The van der Waals surface area contributed by atoms with E-state index in [2.05, 4.69) is 32.6 Å². The quantitative estimate of drug-likeness (QED) is 0.625. The lowest BCUT2D eigenvalue weighted by atomic mass is 9.74. The molecule has 0 unspecified atom stereocenters. The second kappa shape index (κ2) is 9.81. The highest BCUT2D eigenvalue weighted by atomic mass is 16.5. The minimum Gasteiger partial charge on any atom is -0.380 e. The fraction of sp³-hybridized carbons (Fsp3) is 1.00. The largest absolute Gasteiger partial charge is 0.380 e. The van der Waals surface area contributed by atoms with Crippen molar-refractivity contribution in [3.63, 3.8) is 0 Å². The van der Waals surface area contributed by atoms with Gasteiger partial charge in [-0.1, -0.05) is 34.1 Å². The summed E-state index contributed by atoms with van der Waals surface area (Å²) in [7, 11) is 0. The van der Waals surface area contributed by atoms with E-state index < -0.39 is 0 Å². The van der Waals surface area contributed by atoms with Gasteiger partial charge in [0, 0.05) is 25.2 Å². The van der Waals surface area contributed by atoms with Gasteiger partial charge in [-0.2, -0.15) is 0 Å². The van der Waals surface area contributed by atoms with Crippen LogP contribution in [0.2, 0.25) is 0 Å². The molecule has 0 aromatic carbocycles. The average molecular weight is 299 g/mol. The predicted molar refractivity (Wildman–Crippen MR) is 91.6 cm³/mol. The van der Waals surface area contributed by atoms with Gasteiger partial charge >= 0.3 is 0 Å². The van der Waals surface area contributed by atoms with Crippen LogP contribution in [0.3, 0.4) is 0 Å². The third-order valence-electron chi connectivity index (χ3n) is 5.11. The summed E-state index contributed by atoms with van der Waals surface area (Å²) in [6.07, 6.45) is 7.76. The summed E-state index contributed by atoms with van der Waals surface area (Å²) in [4.78, 5) is 2.64. The molecule has 0 aliphatic heterocycles. The molecule has 0 radical (unpaired) electrons. The monoisotopic (exact) mass is 298 g/mol. The molecule has 1 fully saturated rings. The van der Waals surface area contributed by atoms with Crippen molar-refractivity contribution < 1.29 is 4.74 Å². The van der Waals surface area contributed by atoms with E-state index in [-0.39, 0.29) is 5.54 Å². The average Bonchev–Trinajstić information content (AvgIpc) is 2.50. The van der Waals surface area contributed by atoms with Crippen molar-refractivity contribution >= 4 is 0 Å². The van der Waals surface area contributed by atoms with Gasteiger partial charge in [-0.05, 0) is 50.5 Å². The molecule has 1 aliphatic carbocycles. The van der Waals surface area contributed by atoms with Crippen LogP contribution in [0.25, 0.3) is 0 Å². The summed E-state index contributed by atoms with van der Waals surface area (Å²) in [6.45, 7) is 13.7. The molecule has 3 nitrogen and oxygen atoms in total. The Bertz CT molecular complexity index is 260. The Hall–Kier alpha value is -0.120. The SMILES string of the molecule is CCCN(CCOCC(C)C)C1(CN)CCC(CC)CC1. The molecule has 0 aromatic rings. The van der Waals surface area contributed by atoms with Crippen LogP contribution in [0.1, 0.15) is 66.2 Å². The number of rotatable bonds is 10. The Morgan fingerprint density at radius 3 is 2.33 bits per heavy atom. The number of ether oxygens (including phenoxy) is 1. The first-order valence-corrected chi connectivity index (χ1v) is 9.10. The summed E-state index contributed by atoms with van der Waals surface area (Å²) in [6, 6.07) is 0. The van der Waals surface area contributed by atoms with Gasteiger partial charge in [-0.25, -0.2) is 0 Å². The molecule has 0 amide bonds. The first-order valence-electron chi connectivity index (χ1n) is 9.10. The van der Waals surface area contributed by atoms with Crippen LogP contribution in [0.4, 0.5) is 0 Å². The molecule has 126 valence electrons. The van der Waals surface area contributed by atoms with Gasteiger partial charge in [-0.15, -0.1) is 0 Å². The highest BCUT2D eigenvalue weighted by Gasteiger charge is 2.38. The standard InChI is InChI=1S/C18H38N2O/c1-5-11-20(12-13-21-14-16(3)4)18(15-19)9-7-17(6-2)8-10-18/h16-17H,5-15,19H2,1-4H3. The number of hydrogen-bond acceptors (Lipinski definition) is 3. The van der Waals surface area contributed by atoms with E-state index >= 15 is 0 Å². The van der Waals surface area contributed by atoms with Crippen molar-refractivity contribution in [2.75, 3.05) is 32.8 Å². The fourth-order valence-corrected chi connectivity index (χ4v) is 3.62. The zero-order chi connectivity index (χ0) is 15.7. The molecule has 0 heterocycles. The van der Waals surface area contributed by atoms with E-state index in [1.165, 1.54) is 38.5 Å². The predicted octanol–water partition coefficient (Wildman–Crippen LogP) is 3.67. The smallest absolute Gasteiger partial charge is 0.0593 e. The van der Waals surface area contributed by atoms with Crippen molar-refractivity contribution in [3.8, 4) is 0 Å². The van der Waals surface area contributed by atoms with Gasteiger partial charge in [0.05, 0.1) is 6.61 Å². The molecule has 0 aromatic heterocycles. The van der Waals surface area contributed by atoms with Gasteiger partial charge < -0.3 is 10.5 Å². The number of hydrogen-bond donors (Lipinski definition) is 1. The molecule has 1 saturated carbocycles. The van der Waals surface area contributed by atoms with Crippen LogP contribution in [0.5, 0.6) is 0 Å². The van der Waals surface area contributed by atoms with Crippen LogP contribution in [-0.4, -0.2) is 43.3 Å². The molecule has 3 heteroatoms. The third-order valence-corrected chi connectivity index (χ3v) is 5.11. The van der Waals surface area contributed by atoms with Gasteiger partial charge in [0.2, 0.25) is 0 Å². The van der Waals surface area contributed by atoms with E-state index in [1.807, 2.05) is 0 Å². The second-order valence-electron chi connectivity index (χ2n) is 7.24. The van der Waals surface area contributed by atoms with Crippen molar-refractivity contribution in [1.82, 2.24) is 4.90 Å². The van der Waals surface area contributed by atoms with Gasteiger partial charge in [-0.3, -0.25) is 4.90 Å². The van der Waals surface area contributed by atoms with Crippen LogP contribution in [0, 0.1) is 11.8 Å². The van der Waals surface area contributed by atoms with E-state index in [1.54, 1.807) is 0 Å². The first-order chi connectivity index (χ1) is 10.1. The minimum atomic E-state index is 0.239. The van der Waals surface area contributed by atoms with Crippen molar-refractivity contribution in [1.29, 1.82) is 0 Å². The van der Waals surface area contributed by atoms with Crippen LogP contribution >= 0.6 is 0 Å². The maximum absolute atomic E-state index is 6.23. The van der Waals surface area contributed by atoms with Gasteiger partial charge in [0.1, 0.15) is 0 Å². The highest BCUT2D eigenvalue weighted by Crippen LogP contribution is 2.37. The minimum absolute atomic E-state index is 0.239. The van der Waals surface area contributed by atoms with Gasteiger partial charge in [0.25, 0.3) is 0 Å². The van der Waals surface area contributed by atoms with E-state index in [0.29, 0.717) is 5.92 Å². The lowest BCUT2D eigenvalue weighted by Gasteiger charge is -2.47. The molecule has 0 saturated heterocycles. The lowest BCUT2D eigenvalue weighted by molar-refractivity contribution is 0.00958. The Morgan fingerprint density at radius 2 is 1.86 bits per heavy atom. The fourth-order valence-electron chi connectivity index (χ4n) is 3.62. The summed E-state index contributed by atoms with van der Waals surface area (Å²) in [5.41, 5.74) is 6.47. The van der Waals surface area contributed by atoms with Crippen LogP contribution in [0.15, 0.2) is 0 Å². The van der Waals surface area contributed by atoms with E-state index in [4.69, 9.17) is 10.5 Å². The summed E-state index contributed by atoms with van der Waals surface area (Å²) < 4.78 is 5.81. The lowest BCUT2D eigenvalue weighted by Crippen LogP contribution is -2.56. The van der Waals surface area contributed by atoms with E-state index in [9.17, 15) is 0 Å². The third kappa shape index (κ3) is 5.88. The topological polar surface area (TPSA) is 38.5 Å². The van der Waals surface area contributed by atoms with Crippen molar-refractivity contribution in [2.24, 2.45) is 17.6 Å². The summed E-state index contributed by atoms with van der Waals surface area (Å²) >= 11 is 0. The summed E-state index contributed by atoms with van der Waals surface area (Å²) in [5, 5.41) is 0.